The molecule has 4 saturated carbocycles. The van der Waals surface area contributed by atoms with E-state index in [1.807, 2.05) is 0 Å². The van der Waals surface area contributed by atoms with E-state index in [4.69, 9.17) is 0 Å². The Kier molecular flexibility index (Phi) is 6.86. The number of para-hydroxylation sites is 1. The second-order valence-electron chi connectivity index (χ2n) is 17.8. The third kappa shape index (κ3) is 4.33. The molecule has 0 bridgehead atoms. The summed E-state index contributed by atoms with van der Waals surface area (Å²) in [6.45, 7) is 6.97. The van der Waals surface area contributed by atoms with Gasteiger partial charge in [0, 0.05) is 22.2 Å². The molecular formula is C53H47N. The fraction of sp³-hybridized carbons (Fsp3) is 0.245. The molecular weight excluding hydrogens is 651 g/mol. The molecule has 11 rings (SSSR count). The summed E-state index contributed by atoms with van der Waals surface area (Å²) in [5.74, 6) is 2.89. The summed E-state index contributed by atoms with van der Waals surface area (Å²) < 4.78 is 0. The van der Waals surface area contributed by atoms with Crippen molar-refractivity contribution in [3.05, 3.63) is 175 Å². The number of anilines is 3. The van der Waals surface area contributed by atoms with Crippen molar-refractivity contribution in [2.45, 2.75) is 57.3 Å². The van der Waals surface area contributed by atoms with Gasteiger partial charge in [-0.05, 0) is 123 Å². The van der Waals surface area contributed by atoms with Crippen LogP contribution in [0.3, 0.4) is 0 Å². The summed E-state index contributed by atoms with van der Waals surface area (Å²) in [5, 5.41) is 2.84. The van der Waals surface area contributed by atoms with Crippen LogP contribution in [0.4, 0.5) is 17.1 Å². The zero-order valence-corrected chi connectivity index (χ0v) is 31.6. The molecule has 0 radical (unpaired) electrons. The van der Waals surface area contributed by atoms with E-state index in [0.29, 0.717) is 10.8 Å². The van der Waals surface area contributed by atoms with Gasteiger partial charge in [-0.25, -0.2) is 0 Å². The topological polar surface area (TPSA) is 3.24 Å². The molecule has 7 aromatic rings. The molecule has 0 saturated heterocycles. The average Bonchev–Trinajstić information content (AvgIpc) is 3.17. The first kappa shape index (κ1) is 32.1. The summed E-state index contributed by atoms with van der Waals surface area (Å²) >= 11 is 0. The molecule has 4 aliphatic rings. The van der Waals surface area contributed by atoms with E-state index in [9.17, 15) is 0 Å². The molecule has 1 nitrogen and oxygen atoms in total. The van der Waals surface area contributed by atoms with Crippen molar-refractivity contribution in [3.8, 4) is 33.4 Å². The Hall–Kier alpha value is -5.40. The first-order valence-electron chi connectivity index (χ1n) is 20.1. The van der Waals surface area contributed by atoms with Gasteiger partial charge in [-0.1, -0.05) is 160 Å². The molecule has 54 heavy (non-hydrogen) atoms. The molecule has 2 atom stereocenters. The number of hydrogen-bond acceptors (Lipinski definition) is 1. The maximum Gasteiger partial charge on any atom is 0.0543 e. The highest BCUT2D eigenvalue weighted by Gasteiger charge is 2.87. The fourth-order valence-corrected chi connectivity index (χ4v) is 12.1. The quantitative estimate of drug-likeness (QED) is 0.160. The van der Waals surface area contributed by atoms with Gasteiger partial charge in [0.25, 0.3) is 0 Å². The maximum atomic E-state index is 2.55. The van der Waals surface area contributed by atoms with Crippen LogP contribution in [-0.2, 0) is 10.8 Å². The first-order valence-corrected chi connectivity index (χ1v) is 20.1. The largest absolute Gasteiger partial charge is 0.309 e. The van der Waals surface area contributed by atoms with Crippen molar-refractivity contribution in [1.29, 1.82) is 0 Å². The Labute approximate surface area is 320 Å². The summed E-state index contributed by atoms with van der Waals surface area (Å²) in [7, 11) is 0. The molecule has 264 valence electrons. The number of rotatable bonds is 7. The molecule has 1 spiro atoms. The maximum absolute atomic E-state index is 2.55. The van der Waals surface area contributed by atoms with Gasteiger partial charge < -0.3 is 4.90 Å². The zero-order valence-electron chi connectivity index (χ0n) is 31.6. The highest BCUT2D eigenvalue weighted by Crippen LogP contribution is 2.93. The number of fused-ring (bicyclic) bond motifs is 1. The molecule has 0 amide bonds. The second kappa shape index (κ2) is 11.6. The van der Waals surface area contributed by atoms with E-state index >= 15 is 0 Å². The van der Waals surface area contributed by atoms with Crippen molar-refractivity contribution in [2.24, 2.45) is 23.2 Å². The van der Waals surface area contributed by atoms with Gasteiger partial charge in [0.15, 0.2) is 0 Å². The Bertz CT molecular complexity index is 2530. The Balaban J connectivity index is 1.15. The van der Waals surface area contributed by atoms with Crippen molar-refractivity contribution < 1.29 is 0 Å². The fourth-order valence-electron chi connectivity index (χ4n) is 12.1. The third-order valence-electron chi connectivity index (χ3n) is 14.5. The average molecular weight is 698 g/mol. The van der Waals surface area contributed by atoms with Gasteiger partial charge in [-0.15, -0.1) is 0 Å². The van der Waals surface area contributed by atoms with Crippen LogP contribution in [-0.4, -0.2) is 0 Å². The van der Waals surface area contributed by atoms with Gasteiger partial charge in [0.1, 0.15) is 0 Å². The van der Waals surface area contributed by atoms with Crippen molar-refractivity contribution in [1.82, 2.24) is 0 Å². The molecule has 4 aliphatic carbocycles. The normalized spacial score (nSPS) is 24.6. The van der Waals surface area contributed by atoms with Crippen LogP contribution < -0.4 is 4.90 Å². The Morgan fingerprint density at radius 3 is 1.78 bits per heavy atom. The Morgan fingerprint density at radius 1 is 0.500 bits per heavy atom. The highest BCUT2D eigenvalue weighted by molar-refractivity contribution is 6.04. The molecule has 0 aromatic heterocycles. The minimum atomic E-state index is -0.0161. The van der Waals surface area contributed by atoms with Crippen LogP contribution in [0.1, 0.15) is 57.6 Å². The van der Waals surface area contributed by atoms with Gasteiger partial charge >= 0.3 is 0 Å². The lowest BCUT2D eigenvalue weighted by atomic mass is 9.12. The van der Waals surface area contributed by atoms with Crippen molar-refractivity contribution in [2.75, 3.05) is 4.90 Å². The van der Waals surface area contributed by atoms with Crippen LogP contribution in [0.5, 0.6) is 0 Å². The van der Waals surface area contributed by atoms with Gasteiger partial charge in [0.05, 0.1) is 11.4 Å². The van der Waals surface area contributed by atoms with Crippen LogP contribution in [0.15, 0.2) is 164 Å². The summed E-state index contributed by atoms with van der Waals surface area (Å²) in [5.41, 5.74) is 15.0. The lowest BCUT2D eigenvalue weighted by Crippen LogP contribution is -2.87. The first-order chi connectivity index (χ1) is 26.4. The van der Waals surface area contributed by atoms with E-state index in [1.165, 1.54) is 86.8 Å². The molecule has 0 N–H and O–H groups in total. The lowest BCUT2D eigenvalue weighted by molar-refractivity contribution is -0.394. The van der Waals surface area contributed by atoms with E-state index in [2.05, 4.69) is 189 Å². The minimum absolute atomic E-state index is 0.0161. The van der Waals surface area contributed by atoms with Crippen molar-refractivity contribution >= 4 is 27.8 Å². The van der Waals surface area contributed by atoms with Crippen LogP contribution in [0.2, 0.25) is 0 Å². The molecule has 0 aliphatic heterocycles. The second-order valence-corrected chi connectivity index (χ2v) is 17.8. The van der Waals surface area contributed by atoms with Crippen LogP contribution in [0, 0.1) is 23.2 Å². The monoisotopic (exact) mass is 697 g/mol. The van der Waals surface area contributed by atoms with E-state index in [1.54, 1.807) is 5.56 Å². The van der Waals surface area contributed by atoms with E-state index in [-0.39, 0.29) is 5.41 Å². The van der Waals surface area contributed by atoms with Crippen LogP contribution in [0.25, 0.3) is 44.2 Å². The van der Waals surface area contributed by atoms with Gasteiger partial charge in [-0.2, -0.15) is 0 Å². The standard InChI is InChI=1S/C53H47N/c1-51(2,3)39-26-29-44(37-16-8-5-9-17-37)49(32-39)54(43-27-24-36(25-28-43)35-14-6-4-7-15-35)48-23-11-10-20-45(48)46-21-12-18-38-19-13-22-47(50(38)46)52-33-41-30-40-31-42(34-52)53(40,41)52/h4-29,32,40-42H,30-31,33-34H2,1-3H3. The minimum Gasteiger partial charge on any atom is -0.309 e. The molecule has 0 heterocycles. The van der Waals surface area contributed by atoms with E-state index in [0.717, 1.165) is 23.4 Å². The SMILES string of the molecule is CC(C)(C)c1ccc(-c2ccccc2)c(N(c2ccc(-c3ccccc3)cc2)c2ccccc2-c2cccc3cccc(C45CC6CC7CC(C4)C765)c23)c1. The number of nitrogens with zero attached hydrogens (tertiary/aromatic N) is 1. The molecule has 7 aromatic carbocycles. The molecule has 2 unspecified atom stereocenters. The highest BCUT2D eigenvalue weighted by atomic mass is 15.1. The summed E-state index contributed by atoms with van der Waals surface area (Å²) in [6.07, 6.45) is 5.73. The lowest BCUT2D eigenvalue weighted by Gasteiger charge is -2.91. The van der Waals surface area contributed by atoms with Gasteiger partial charge in [0.2, 0.25) is 0 Å². The smallest absolute Gasteiger partial charge is 0.0543 e. The summed E-state index contributed by atoms with van der Waals surface area (Å²) in [6, 6.07) is 61.5. The number of hydrogen-bond donors (Lipinski definition) is 0. The third-order valence-corrected chi connectivity index (χ3v) is 14.5. The van der Waals surface area contributed by atoms with Crippen LogP contribution >= 0.6 is 0 Å². The number of benzene rings is 7. The Morgan fingerprint density at radius 2 is 1.11 bits per heavy atom. The van der Waals surface area contributed by atoms with Gasteiger partial charge in [-0.3, -0.25) is 0 Å². The van der Waals surface area contributed by atoms with E-state index < -0.39 is 0 Å². The zero-order chi connectivity index (χ0) is 36.2. The summed E-state index contributed by atoms with van der Waals surface area (Å²) in [4.78, 5) is 2.55. The predicted molar refractivity (Wildman–Crippen MR) is 227 cm³/mol. The predicted octanol–water partition coefficient (Wildman–Crippen LogP) is 14.3. The van der Waals surface area contributed by atoms with Crippen molar-refractivity contribution in [3.63, 3.8) is 0 Å². The molecule has 1 heteroatoms. The molecule has 4 fully saturated rings.